The van der Waals surface area contributed by atoms with Crippen molar-refractivity contribution in [2.75, 3.05) is 17.7 Å². The third-order valence-electron chi connectivity index (χ3n) is 4.22. The number of benzene rings is 1. The summed E-state index contributed by atoms with van der Waals surface area (Å²) in [7, 11) is 0. The Kier molecular flexibility index (Phi) is 6.04. The number of thioether (sulfide) groups is 1. The Bertz CT molecular complexity index is 654. The largest absolute Gasteiger partial charge is 0.453 e. The Balaban J connectivity index is 2.10. The molecule has 6 heteroatoms. The lowest BCUT2D eigenvalue weighted by atomic mass is 10.0. The Labute approximate surface area is 146 Å². The average Bonchev–Trinajstić information content (AvgIpc) is 2.98. The molecule has 0 spiro atoms. The van der Waals surface area contributed by atoms with Crippen molar-refractivity contribution in [3.8, 4) is 0 Å². The fourth-order valence-corrected chi connectivity index (χ4v) is 3.43. The molecule has 0 saturated heterocycles. The van der Waals surface area contributed by atoms with Crippen LogP contribution < -0.4 is 4.90 Å². The highest BCUT2D eigenvalue weighted by molar-refractivity contribution is 7.99. The molecule has 2 rings (SSSR count). The van der Waals surface area contributed by atoms with E-state index < -0.39 is 6.10 Å². The number of rotatable bonds is 6. The van der Waals surface area contributed by atoms with Crippen molar-refractivity contribution < 1.29 is 19.1 Å². The summed E-state index contributed by atoms with van der Waals surface area (Å²) in [4.78, 5) is 37.8. The van der Waals surface area contributed by atoms with Crippen molar-refractivity contribution in [3.63, 3.8) is 0 Å². The summed E-state index contributed by atoms with van der Waals surface area (Å²) in [5.74, 6) is -0.573. The molecule has 0 bridgehead atoms. The van der Waals surface area contributed by atoms with Crippen LogP contribution in [-0.2, 0) is 20.7 Å². The predicted molar refractivity (Wildman–Crippen MR) is 95.7 cm³/mol. The summed E-state index contributed by atoms with van der Waals surface area (Å²) in [6.07, 6.45) is 2.43. The van der Waals surface area contributed by atoms with Gasteiger partial charge in [-0.2, -0.15) is 11.8 Å². The van der Waals surface area contributed by atoms with Crippen molar-refractivity contribution in [2.24, 2.45) is 0 Å². The first-order chi connectivity index (χ1) is 11.4. The van der Waals surface area contributed by atoms with E-state index in [-0.39, 0.29) is 22.9 Å². The van der Waals surface area contributed by atoms with E-state index >= 15 is 0 Å². The van der Waals surface area contributed by atoms with E-state index in [0.717, 1.165) is 17.7 Å². The van der Waals surface area contributed by atoms with E-state index in [1.54, 1.807) is 30.0 Å². The van der Waals surface area contributed by atoms with E-state index in [4.69, 9.17) is 4.74 Å². The maximum Gasteiger partial charge on any atom is 0.319 e. The third kappa shape index (κ3) is 3.80. The minimum Gasteiger partial charge on any atom is -0.453 e. The number of carbonyl (C=O) groups excluding carboxylic acids is 3. The van der Waals surface area contributed by atoms with Gasteiger partial charge in [0.2, 0.25) is 11.7 Å². The molecule has 2 atom stereocenters. The molecule has 0 saturated carbocycles. The van der Waals surface area contributed by atoms with Gasteiger partial charge in [0.15, 0.2) is 6.10 Å². The topological polar surface area (TPSA) is 63.7 Å². The number of carbonyl (C=O) groups is 3. The van der Waals surface area contributed by atoms with Gasteiger partial charge in [-0.25, -0.2) is 0 Å². The van der Waals surface area contributed by atoms with Crippen LogP contribution in [0.15, 0.2) is 18.2 Å². The van der Waals surface area contributed by atoms with E-state index in [1.165, 1.54) is 18.7 Å². The number of ketones is 1. The summed E-state index contributed by atoms with van der Waals surface area (Å²) in [6, 6.07) is 5.29. The third-order valence-corrected chi connectivity index (χ3v) is 5.31. The van der Waals surface area contributed by atoms with Crippen molar-refractivity contribution in [1.82, 2.24) is 0 Å². The van der Waals surface area contributed by atoms with Gasteiger partial charge in [0.25, 0.3) is 0 Å². The molecular weight excluding hydrogens is 326 g/mol. The van der Waals surface area contributed by atoms with Gasteiger partial charge >= 0.3 is 5.97 Å². The second kappa shape index (κ2) is 7.83. The second-order valence-corrected chi connectivity index (χ2v) is 6.88. The first-order valence-electron chi connectivity index (χ1n) is 8.07. The van der Waals surface area contributed by atoms with Crippen molar-refractivity contribution in [2.45, 2.75) is 45.0 Å². The molecule has 0 aliphatic carbocycles. The molecule has 24 heavy (non-hydrogen) atoms. The lowest BCUT2D eigenvalue weighted by molar-refractivity contribution is -0.145. The SMILES string of the molecule is CC[C@@H](SC)C(=O)O[C@@H](C)C(=O)c1ccc2c(c1)CCN2C(C)=O. The van der Waals surface area contributed by atoms with E-state index in [1.807, 2.05) is 13.2 Å². The molecule has 0 radical (unpaired) electrons. The molecule has 1 aromatic rings. The van der Waals surface area contributed by atoms with Crippen LogP contribution in [-0.4, -0.2) is 41.8 Å². The lowest BCUT2D eigenvalue weighted by Gasteiger charge is -2.17. The smallest absolute Gasteiger partial charge is 0.319 e. The average molecular weight is 349 g/mol. The van der Waals surface area contributed by atoms with Gasteiger partial charge in [-0.3, -0.25) is 14.4 Å². The number of amides is 1. The maximum atomic E-state index is 12.5. The number of anilines is 1. The van der Waals surface area contributed by atoms with Crippen LogP contribution in [0.25, 0.3) is 0 Å². The van der Waals surface area contributed by atoms with Crippen LogP contribution in [0.5, 0.6) is 0 Å². The summed E-state index contributed by atoms with van der Waals surface area (Å²) in [6.45, 7) is 5.68. The first kappa shape index (κ1) is 18.5. The van der Waals surface area contributed by atoms with Gasteiger partial charge in [0.05, 0.1) is 0 Å². The zero-order valence-corrected chi connectivity index (χ0v) is 15.3. The molecule has 1 heterocycles. The Morgan fingerprint density at radius 2 is 2.04 bits per heavy atom. The van der Waals surface area contributed by atoms with Gasteiger partial charge in [-0.1, -0.05) is 6.92 Å². The second-order valence-electron chi connectivity index (χ2n) is 5.84. The molecule has 0 fully saturated rings. The monoisotopic (exact) mass is 349 g/mol. The molecule has 130 valence electrons. The number of nitrogens with zero attached hydrogens (tertiary/aromatic N) is 1. The highest BCUT2D eigenvalue weighted by atomic mass is 32.2. The first-order valence-corrected chi connectivity index (χ1v) is 9.36. The van der Waals surface area contributed by atoms with Crippen molar-refractivity contribution in [1.29, 1.82) is 0 Å². The maximum absolute atomic E-state index is 12.5. The van der Waals surface area contributed by atoms with Gasteiger partial charge in [-0.15, -0.1) is 0 Å². The summed E-state index contributed by atoms with van der Waals surface area (Å²) < 4.78 is 5.32. The zero-order chi connectivity index (χ0) is 17.9. The van der Waals surface area contributed by atoms with Gasteiger partial charge in [0, 0.05) is 24.7 Å². The fraction of sp³-hybridized carbons (Fsp3) is 0.500. The van der Waals surface area contributed by atoms with E-state index in [9.17, 15) is 14.4 Å². The van der Waals surface area contributed by atoms with Crippen LogP contribution >= 0.6 is 11.8 Å². The number of fused-ring (bicyclic) bond motifs is 1. The molecule has 1 aliphatic heterocycles. The quantitative estimate of drug-likeness (QED) is 0.584. The number of hydrogen-bond acceptors (Lipinski definition) is 5. The molecule has 0 N–H and O–H groups in total. The standard InChI is InChI=1S/C18H23NO4S/c1-5-16(24-4)18(22)23-11(2)17(21)14-6-7-15-13(10-14)8-9-19(15)12(3)20/h6-7,10-11,16H,5,8-9H2,1-4H3/t11-,16+/m0/s1. The Hall–Kier alpha value is -1.82. The van der Waals surface area contributed by atoms with E-state index in [2.05, 4.69) is 0 Å². The number of ether oxygens (including phenoxy) is 1. The summed E-state index contributed by atoms with van der Waals surface area (Å²) in [5.41, 5.74) is 2.35. The minimum absolute atomic E-state index is 0.00204. The number of hydrogen-bond donors (Lipinski definition) is 0. The molecule has 1 amide bonds. The van der Waals surface area contributed by atoms with E-state index in [0.29, 0.717) is 18.5 Å². The molecule has 0 aromatic heterocycles. The van der Waals surface area contributed by atoms with Crippen LogP contribution in [0, 0.1) is 0 Å². The molecule has 1 aromatic carbocycles. The summed E-state index contributed by atoms with van der Waals surface area (Å²) in [5, 5.41) is -0.246. The number of esters is 1. The normalized spacial score (nSPS) is 15.6. The highest BCUT2D eigenvalue weighted by Gasteiger charge is 2.27. The summed E-state index contributed by atoms with van der Waals surface area (Å²) >= 11 is 1.42. The Morgan fingerprint density at radius 1 is 1.33 bits per heavy atom. The molecule has 1 aliphatic rings. The Morgan fingerprint density at radius 3 is 2.62 bits per heavy atom. The van der Waals surface area contributed by atoms with Crippen LogP contribution in [0.4, 0.5) is 5.69 Å². The molecule has 5 nitrogen and oxygen atoms in total. The van der Waals surface area contributed by atoms with Crippen LogP contribution in [0.1, 0.15) is 43.1 Å². The molecular formula is C18H23NO4S. The highest BCUT2D eigenvalue weighted by Crippen LogP contribution is 2.29. The van der Waals surface area contributed by atoms with Gasteiger partial charge in [-0.05, 0) is 49.8 Å². The van der Waals surface area contributed by atoms with Crippen molar-refractivity contribution in [3.05, 3.63) is 29.3 Å². The predicted octanol–water partition coefficient (Wildman–Crippen LogP) is 2.85. The van der Waals surface area contributed by atoms with Crippen LogP contribution in [0.2, 0.25) is 0 Å². The zero-order valence-electron chi connectivity index (χ0n) is 14.5. The van der Waals surface area contributed by atoms with Crippen molar-refractivity contribution >= 4 is 35.1 Å². The lowest BCUT2D eigenvalue weighted by Crippen LogP contribution is -2.29. The molecule has 0 unspecified atom stereocenters. The number of Topliss-reactive ketones (excluding diaryl/α,β-unsaturated/α-hetero) is 1. The van der Waals surface area contributed by atoms with Gasteiger partial charge < -0.3 is 9.64 Å². The minimum atomic E-state index is -0.818. The van der Waals surface area contributed by atoms with Gasteiger partial charge in [0.1, 0.15) is 5.25 Å². The van der Waals surface area contributed by atoms with Crippen LogP contribution in [0.3, 0.4) is 0 Å². The fourth-order valence-electron chi connectivity index (χ4n) is 2.85.